The molecule has 0 saturated heterocycles. The average Bonchev–Trinajstić information content (AvgIpc) is 2.20. The zero-order chi connectivity index (χ0) is 10.6. The summed E-state index contributed by atoms with van der Waals surface area (Å²) in [6.07, 6.45) is -0.659. The molecule has 0 aliphatic carbocycles. The van der Waals surface area contributed by atoms with Gasteiger partial charge in [-0.05, 0) is 24.6 Å². The summed E-state index contributed by atoms with van der Waals surface area (Å²) in [5, 5.41) is 8.47. The number of nitriles is 1. The summed E-state index contributed by atoms with van der Waals surface area (Å²) >= 11 is 0. The third-order valence-corrected chi connectivity index (χ3v) is 1.72. The fourth-order valence-corrected chi connectivity index (χ4v) is 0.984. The van der Waals surface area contributed by atoms with Gasteiger partial charge < -0.3 is 10.5 Å². The van der Waals surface area contributed by atoms with Gasteiger partial charge in [-0.2, -0.15) is 5.26 Å². The highest BCUT2D eigenvalue weighted by molar-refractivity contribution is 5.29. The monoisotopic (exact) mass is 194 g/mol. The molecule has 1 atom stereocenters. The Morgan fingerprint density at radius 2 is 2.36 bits per heavy atom. The van der Waals surface area contributed by atoms with Gasteiger partial charge in [-0.25, -0.2) is 4.39 Å². The van der Waals surface area contributed by atoms with Gasteiger partial charge in [0, 0.05) is 6.54 Å². The normalized spacial score (nSPS) is 11.9. The summed E-state index contributed by atoms with van der Waals surface area (Å²) in [5.74, 6) is -0.411. The van der Waals surface area contributed by atoms with Crippen molar-refractivity contribution >= 4 is 0 Å². The zero-order valence-corrected chi connectivity index (χ0v) is 7.83. The van der Waals surface area contributed by atoms with Crippen LogP contribution in [0.4, 0.5) is 4.39 Å². The van der Waals surface area contributed by atoms with Crippen molar-refractivity contribution in [1.29, 1.82) is 5.26 Å². The van der Waals surface area contributed by atoms with Crippen molar-refractivity contribution in [2.24, 2.45) is 5.73 Å². The first-order chi connectivity index (χ1) is 6.67. The number of benzene rings is 1. The Bertz CT molecular complexity index is 360. The van der Waals surface area contributed by atoms with Gasteiger partial charge in [-0.3, -0.25) is 0 Å². The number of ether oxygens (including phenoxy) is 1. The first kappa shape index (κ1) is 10.5. The maximum Gasteiger partial charge on any atom is 0.181 e. The molecule has 0 spiro atoms. The Kier molecular flexibility index (Phi) is 3.43. The molecule has 0 radical (unpaired) electrons. The number of rotatable bonds is 3. The number of halogens is 1. The molecule has 1 rings (SSSR count). The smallest absolute Gasteiger partial charge is 0.181 e. The van der Waals surface area contributed by atoms with E-state index in [0.29, 0.717) is 5.56 Å². The van der Waals surface area contributed by atoms with E-state index < -0.39 is 11.9 Å². The van der Waals surface area contributed by atoms with E-state index in [9.17, 15) is 4.39 Å². The topological polar surface area (TPSA) is 59.0 Å². The lowest BCUT2D eigenvalue weighted by atomic mass is 10.2. The Balaban J connectivity index is 2.85. The van der Waals surface area contributed by atoms with E-state index in [-0.39, 0.29) is 12.3 Å². The lowest BCUT2D eigenvalue weighted by Gasteiger charge is -2.09. The van der Waals surface area contributed by atoms with Gasteiger partial charge in [0.2, 0.25) is 0 Å². The Hall–Kier alpha value is -1.60. The molecule has 0 saturated carbocycles. The van der Waals surface area contributed by atoms with Gasteiger partial charge >= 0.3 is 0 Å². The van der Waals surface area contributed by atoms with Gasteiger partial charge in [0.05, 0.1) is 0 Å². The summed E-state index contributed by atoms with van der Waals surface area (Å²) in [6, 6.07) is 6.31. The van der Waals surface area contributed by atoms with E-state index in [4.69, 9.17) is 15.7 Å². The second-order valence-corrected chi connectivity index (χ2v) is 2.86. The van der Waals surface area contributed by atoms with E-state index in [2.05, 4.69) is 0 Å². The Morgan fingerprint density at radius 3 is 2.86 bits per heavy atom. The van der Waals surface area contributed by atoms with Crippen molar-refractivity contribution in [2.45, 2.75) is 19.6 Å². The Morgan fingerprint density at radius 1 is 1.64 bits per heavy atom. The molecular weight excluding hydrogens is 183 g/mol. The van der Waals surface area contributed by atoms with Crippen LogP contribution in [0.3, 0.4) is 0 Å². The highest BCUT2D eigenvalue weighted by Crippen LogP contribution is 2.19. The molecule has 1 unspecified atom stereocenters. The first-order valence-electron chi connectivity index (χ1n) is 4.22. The zero-order valence-electron chi connectivity index (χ0n) is 7.83. The second-order valence-electron chi connectivity index (χ2n) is 2.86. The fourth-order valence-electron chi connectivity index (χ4n) is 0.984. The van der Waals surface area contributed by atoms with Crippen LogP contribution in [0.5, 0.6) is 5.75 Å². The summed E-state index contributed by atoms with van der Waals surface area (Å²) < 4.78 is 18.3. The van der Waals surface area contributed by atoms with Crippen LogP contribution in [0.15, 0.2) is 18.2 Å². The van der Waals surface area contributed by atoms with Gasteiger partial charge in [0.15, 0.2) is 17.7 Å². The fraction of sp³-hybridized carbons (Fsp3) is 0.300. The minimum atomic E-state index is -0.659. The molecule has 1 aromatic carbocycles. The van der Waals surface area contributed by atoms with Crippen LogP contribution in [0.2, 0.25) is 0 Å². The van der Waals surface area contributed by atoms with E-state index in [1.54, 1.807) is 13.0 Å². The second kappa shape index (κ2) is 4.58. The summed E-state index contributed by atoms with van der Waals surface area (Å²) in [7, 11) is 0. The Labute approximate surface area is 81.9 Å². The van der Waals surface area contributed by atoms with Crippen LogP contribution >= 0.6 is 0 Å². The maximum absolute atomic E-state index is 13.2. The van der Waals surface area contributed by atoms with Crippen molar-refractivity contribution in [1.82, 2.24) is 0 Å². The third kappa shape index (κ3) is 2.44. The van der Waals surface area contributed by atoms with Crippen molar-refractivity contribution in [3.05, 3.63) is 29.6 Å². The van der Waals surface area contributed by atoms with Crippen LogP contribution < -0.4 is 10.5 Å². The molecule has 0 aliphatic rings. The van der Waals surface area contributed by atoms with Gasteiger partial charge in [0.1, 0.15) is 6.07 Å². The standard InChI is InChI=1S/C10H11FN2O/c1-7(5-12)14-10-3-2-8(6-13)4-9(10)11/h2-4,7H,6,13H2,1H3. The van der Waals surface area contributed by atoms with Crippen molar-refractivity contribution in [3.63, 3.8) is 0 Å². The van der Waals surface area contributed by atoms with Crippen molar-refractivity contribution in [2.75, 3.05) is 0 Å². The largest absolute Gasteiger partial charge is 0.473 e. The van der Waals surface area contributed by atoms with Crippen LogP contribution in [0.1, 0.15) is 12.5 Å². The molecule has 1 aromatic rings. The molecule has 0 bridgehead atoms. The molecule has 0 aromatic heterocycles. The summed E-state index contributed by atoms with van der Waals surface area (Å²) in [6.45, 7) is 1.83. The van der Waals surface area contributed by atoms with E-state index in [1.807, 2.05) is 6.07 Å². The van der Waals surface area contributed by atoms with E-state index in [1.165, 1.54) is 12.1 Å². The van der Waals surface area contributed by atoms with Crippen molar-refractivity contribution < 1.29 is 9.13 Å². The molecule has 0 fully saturated rings. The molecule has 74 valence electrons. The first-order valence-corrected chi connectivity index (χ1v) is 4.22. The predicted molar refractivity (Wildman–Crippen MR) is 50.0 cm³/mol. The van der Waals surface area contributed by atoms with Crippen LogP contribution in [-0.2, 0) is 6.54 Å². The lowest BCUT2D eigenvalue weighted by Crippen LogP contribution is -2.09. The number of hydrogen-bond acceptors (Lipinski definition) is 3. The molecule has 4 heteroatoms. The minimum Gasteiger partial charge on any atom is -0.473 e. The van der Waals surface area contributed by atoms with Gasteiger partial charge in [0.25, 0.3) is 0 Å². The predicted octanol–water partition coefficient (Wildman–Crippen LogP) is 1.58. The maximum atomic E-state index is 13.2. The lowest BCUT2D eigenvalue weighted by molar-refractivity contribution is 0.263. The number of nitrogens with zero attached hydrogens (tertiary/aromatic N) is 1. The van der Waals surface area contributed by atoms with E-state index in [0.717, 1.165) is 0 Å². The summed E-state index contributed by atoms with van der Waals surface area (Å²) in [5.41, 5.74) is 6.03. The van der Waals surface area contributed by atoms with E-state index >= 15 is 0 Å². The van der Waals surface area contributed by atoms with Gasteiger partial charge in [-0.1, -0.05) is 6.07 Å². The van der Waals surface area contributed by atoms with Crippen LogP contribution in [0, 0.1) is 17.1 Å². The summed E-state index contributed by atoms with van der Waals surface area (Å²) in [4.78, 5) is 0. The van der Waals surface area contributed by atoms with Gasteiger partial charge in [-0.15, -0.1) is 0 Å². The number of nitrogens with two attached hydrogens (primary N) is 1. The quantitative estimate of drug-likeness (QED) is 0.794. The SMILES string of the molecule is CC(C#N)Oc1ccc(CN)cc1F. The highest BCUT2D eigenvalue weighted by Gasteiger charge is 2.07. The third-order valence-electron chi connectivity index (χ3n) is 1.72. The molecule has 3 nitrogen and oxygen atoms in total. The van der Waals surface area contributed by atoms with Crippen molar-refractivity contribution in [3.8, 4) is 11.8 Å². The molecule has 0 amide bonds. The number of hydrogen-bond donors (Lipinski definition) is 1. The molecular formula is C10H11FN2O. The molecule has 0 aliphatic heterocycles. The highest BCUT2D eigenvalue weighted by atomic mass is 19.1. The molecule has 14 heavy (non-hydrogen) atoms. The van der Waals surface area contributed by atoms with Crippen LogP contribution in [-0.4, -0.2) is 6.10 Å². The minimum absolute atomic E-state index is 0.0799. The average molecular weight is 194 g/mol. The van der Waals surface area contributed by atoms with Crippen LogP contribution in [0.25, 0.3) is 0 Å². The molecule has 0 heterocycles. The molecule has 2 N–H and O–H groups in total.